The second kappa shape index (κ2) is 7.52. The maximum Gasteiger partial charge on any atom is 0.229 e. The number of halogens is 2. The van der Waals surface area contributed by atoms with Crippen LogP contribution in [0.4, 0.5) is 11.4 Å². The number of fused-ring (bicyclic) bond motifs is 1. The van der Waals surface area contributed by atoms with Gasteiger partial charge in [0.05, 0.1) is 11.6 Å². The van der Waals surface area contributed by atoms with Gasteiger partial charge in [-0.3, -0.25) is 9.59 Å². The van der Waals surface area contributed by atoms with Crippen molar-refractivity contribution in [2.24, 2.45) is 5.92 Å². The summed E-state index contributed by atoms with van der Waals surface area (Å²) in [5.41, 5.74) is 1.38. The van der Waals surface area contributed by atoms with Gasteiger partial charge in [0.15, 0.2) is 11.5 Å². The van der Waals surface area contributed by atoms with Crippen molar-refractivity contribution < 1.29 is 19.1 Å². The Morgan fingerprint density at radius 3 is 2.59 bits per heavy atom. The Labute approximate surface area is 173 Å². The molecule has 8 heteroatoms. The van der Waals surface area contributed by atoms with Crippen LogP contribution in [0, 0.1) is 5.92 Å². The van der Waals surface area contributed by atoms with Crippen LogP contribution in [-0.4, -0.2) is 31.6 Å². The lowest BCUT2D eigenvalue weighted by Crippen LogP contribution is -2.28. The molecule has 4 rings (SSSR count). The van der Waals surface area contributed by atoms with Crippen molar-refractivity contribution in [1.82, 2.24) is 0 Å². The molecule has 2 aliphatic heterocycles. The van der Waals surface area contributed by atoms with E-state index in [2.05, 4.69) is 37.2 Å². The van der Waals surface area contributed by atoms with Crippen LogP contribution in [0.5, 0.6) is 11.5 Å². The SMILES string of the molecule is O=C(Nc1cc2c(cc1Br)OCCO2)C1CC(=O)N(c2cccc(Br)c2)C1. The zero-order valence-corrected chi connectivity index (χ0v) is 17.4. The number of benzene rings is 2. The molecule has 140 valence electrons. The van der Waals surface area contributed by atoms with Gasteiger partial charge in [0.2, 0.25) is 11.8 Å². The quantitative estimate of drug-likeness (QED) is 0.699. The average Bonchev–Trinajstić information content (AvgIpc) is 3.04. The van der Waals surface area contributed by atoms with Gasteiger partial charge in [-0.1, -0.05) is 22.0 Å². The highest BCUT2D eigenvalue weighted by Crippen LogP contribution is 2.38. The van der Waals surface area contributed by atoms with Crippen LogP contribution in [0.25, 0.3) is 0 Å². The van der Waals surface area contributed by atoms with Crippen molar-refractivity contribution >= 4 is 55.0 Å². The number of anilines is 2. The molecule has 6 nitrogen and oxygen atoms in total. The minimum absolute atomic E-state index is 0.0607. The van der Waals surface area contributed by atoms with Gasteiger partial charge < -0.3 is 19.7 Å². The van der Waals surface area contributed by atoms with Crippen molar-refractivity contribution in [3.8, 4) is 11.5 Å². The molecule has 0 bridgehead atoms. The Hall–Kier alpha value is -2.06. The zero-order chi connectivity index (χ0) is 19.0. The first-order chi connectivity index (χ1) is 13.0. The van der Waals surface area contributed by atoms with E-state index in [9.17, 15) is 9.59 Å². The molecule has 2 aromatic rings. The standard InChI is InChI=1S/C19H16Br2N2O4/c20-12-2-1-3-13(7-12)23-10-11(6-18(23)24)19(25)22-15-9-17-16(8-14(15)21)26-4-5-27-17/h1-3,7-9,11H,4-6,10H2,(H,22,25). The summed E-state index contributed by atoms with van der Waals surface area (Å²) in [5.74, 6) is 0.560. The first kappa shape index (κ1) is 18.3. The minimum atomic E-state index is -0.420. The van der Waals surface area contributed by atoms with Gasteiger partial charge in [-0.15, -0.1) is 0 Å². The van der Waals surface area contributed by atoms with Crippen LogP contribution < -0.4 is 19.7 Å². The number of hydrogen-bond donors (Lipinski definition) is 1. The van der Waals surface area contributed by atoms with Gasteiger partial charge in [0.1, 0.15) is 13.2 Å². The summed E-state index contributed by atoms with van der Waals surface area (Å²) in [5, 5.41) is 2.90. The second-order valence-corrected chi connectivity index (χ2v) is 8.12. The fraction of sp³-hybridized carbons (Fsp3) is 0.263. The predicted molar refractivity (Wildman–Crippen MR) is 108 cm³/mol. The molecule has 2 aromatic carbocycles. The van der Waals surface area contributed by atoms with Crippen LogP contribution >= 0.6 is 31.9 Å². The molecule has 2 aliphatic rings. The van der Waals surface area contributed by atoms with Crippen molar-refractivity contribution in [2.75, 3.05) is 30.0 Å². The second-order valence-electron chi connectivity index (χ2n) is 6.35. The summed E-state index contributed by atoms with van der Waals surface area (Å²) in [7, 11) is 0. The van der Waals surface area contributed by atoms with E-state index in [1.54, 1.807) is 17.0 Å². The third-order valence-electron chi connectivity index (χ3n) is 4.51. The first-order valence-electron chi connectivity index (χ1n) is 8.47. The Morgan fingerprint density at radius 1 is 1.11 bits per heavy atom. The van der Waals surface area contributed by atoms with Crippen molar-refractivity contribution in [3.05, 3.63) is 45.3 Å². The largest absolute Gasteiger partial charge is 0.486 e. The number of rotatable bonds is 3. The van der Waals surface area contributed by atoms with Crippen LogP contribution in [-0.2, 0) is 9.59 Å². The van der Waals surface area contributed by atoms with E-state index in [0.29, 0.717) is 41.4 Å². The Balaban J connectivity index is 1.49. The number of carbonyl (C=O) groups is 2. The smallest absolute Gasteiger partial charge is 0.229 e. The Morgan fingerprint density at radius 2 is 1.85 bits per heavy atom. The van der Waals surface area contributed by atoms with Gasteiger partial charge in [-0.25, -0.2) is 0 Å². The maximum atomic E-state index is 12.7. The highest BCUT2D eigenvalue weighted by Gasteiger charge is 2.35. The molecule has 0 radical (unpaired) electrons. The number of amides is 2. The lowest BCUT2D eigenvalue weighted by atomic mass is 10.1. The molecular formula is C19H16Br2N2O4. The molecule has 0 spiro atoms. The van der Waals surface area contributed by atoms with E-state index in [-0.39, 0.29) is 18.2 Å². The van der Waals surface area contributed by atoms with Crippen molar-refractivity contribution in [3.63, 3.8) is 0 Å². The highest BCUT2D eigenvalue weighted by molar-refractivity contribution is 9.10. The van der Waals surface area contributed by atoms with Gasteiger partial charge in [-0.2, -0.15) is 0 Å². The summed E-state index contributed by atoms with van der Waals surface area (Å²) in [6, 6.07) is 11.0. The van der Waals surface area contributed by atoms with Gasteiger partial charge in [0.25, 0.3) is 0 Å². The molecule has 0 aromatic heterocycles. The maximum absolute atomic E-state index is 12.7. The summed E-state index contributed by atoms with van der Waals surface area (Å²) in [6.07, 6.45) is 0.181. The number of carbonyl (C=O) groups excluding carboxylic acids is 2. The van der Waals surface area contributed by atoms with E-state index in [1.807, 2.05) is 24.3 Å². The molecule has 1 fully saturated rings. The zero-order valence-electron chi connectivity index (χ0n) is 14.2. The number of nitrogens with zero attached hydrogens (tertiary/aromatic N) is 1. The summed E-state index contributed by atoms with van der Waals surface area (Å²) in [4.78, 5) is 26.8. The lowest BCUT2D eigenvalue weighted by molar-refractivity contribution is -0.122. The molecular weight excluding hydrogens is 480 g/mol. The fourth-order valence-corrected chi connectivity index (χ4v) is 3.98. The third kappa shape index (κ3) is 3.82. The monoisotopic (exact) mass is 494 g/mol. The normalized spacial score (nSPS) is 18.5. The number of hydrogen-bond acceptors (Lipinski definition) is 4. The topological polar surface area (TPSA) is 67.9 Å². The van der Waals surface area contributed by atoms with Gasteiger partial charge >= 0.3 is 0 Å². The van der Waals surface area contributed by atoms with Crippen molar-refractivity contribution in [2.45, 2.75) is 6.42 Å². The number of nitrogens with one attached hydrogen (secondary N) is 1. The Kier molecular flexibility index (Phi) is 5.10. The van der Waals surface area contributed by atoms with E-state index < -0.39 is 5.92 Å². The van der Waals surface area contributed by atoms with E-state index in [4.69, 9.17) is 9.47 Å². The number of ether oxygens (including phenoxy) is 2. The molecule has 1 N–H and O–H groups in total. The predicted octanol–water partition coefficient (Wildman–Crippen LogP) is 3.97. The molecule has 1 saturated heterocycles. The molecule has 1 atom stereocenters. The van der Waals surface area contributed by atoms with Gasteiger partial charge in [-0.05, 0) is 34.1 Å². The molecule has 2 heterocycles. The van der Waals surface area contributed by atoms with Crippen LogP contribution in [0.2, 0.25) is 0 Å². The molecule has 27 heavy (non-hydrogen) atoms. The van der Waals surface area contributed by atoms with E-state index in [0.717, 1.165) is 10.2 Å². The van der Waals surface area contributed by atoms with Crippen LogP contribution in [0.15, 0.2) is 45.3 Å². The van der Waals surface area contributed by atoms with Crippen LogP contribution in [0.1, 0.15) is 6.42 Å². The van der Waals surface area contributed by atoms with Crippen LogP contribution in [0.3, 0.4) is 0 Å². The first-order valence-corrected chi connectivity index (χ1v) is 10.1. The molecule has 1 unspecified atom stereocenters. The molecule has 0 saturated carbocycles. The summed E-state index contributed by atoms with van der Waals surface area (Å²) in [6.45, 7) is 1.32. The highest BCUT2D eigenvalue weighted by atomic mass is 79.9. The lowest BCUT2D eigenvalue weighted by Gasteiger charge is -2.20. The Bertz CT molecular complexity index is 919. The summed E-state index contributed by atoms with van der Waals surface area (Å²) < 4.78 is 12.7. The fourth-order valence-electron chi connectivity index (χ4n) is 3.17. The average molecular weight is 496 g/mol. The van der Waals surface area contributed by atoms with Crippen molar-refractivity contribution in [1.29, 1.82) is 0 Å². The van der Waals surface area contributed by atoms with Gasteiger partial charge in [0, 0.05) is 39.7 Å². The minimum Gasteiger partial charge on any atom is -0.486 e. The van der Waals surface area contributed by atoms with E-state index in [1.165, 1.54) is 0 Å². The third-order valence-corrected chi connectivity index (χ3v) is 5.65. The van der Waals surface area contributed by atoms with E-state index >= 15 is 0 Å². The molecule has 0 aliphatic carbocycles. The summed E-state index contributed by atoms with van der Waals surface area (Å²) >= 11 is 6.86. The molecule has 2 amide bonds.